The van der Waals surface area contributed by atoms with E-state index in [2.05, 4.69) is 17.3 Å². The number of nitrogens with two attached hydrogens (primary N) is 2. The number of nitrogens with one attached hydrogen (secondary N) is 1. The quantitative estimate of drug-likeness (QED) is 0.319. The number of halogens is 1. The van der Waals surface area contributed by atoms with Crippen molar-refractivity contribution in [2.45, 2.75) is 13.3 Å². The molecule has 5 N–H and O–H groups in total. The van der Waals surface area contributed by atoms with Crippen LogP contribution in [0.25, 0.3) is 5.57 Å². The van der Waals surface area contributed by atoms with Gasteiger partial charge in [0, 0.05) is 25.8 Å². The number of anilines is 1. The lowest BCUT2D eigenvalue weighted by molar-refractivity contribution is 0.102. The van der Waals surface area contributed by atoms with Crippen LogP contribution in [-0.2, 0) is 0 Å². The predicted molar refractivity (Wildman–Crippen MR) is 113 cm³/mol. The first-order valence-electron chi connectivity index (χ1n) is 9.27. The molecule has 0 bridgehead atoms. The van der Waals surface area contributed by atoms with E-state index in [1.54, 1.807) is 31.3 Å². The van der Waals surface area contributed by atoms with Crippen LogP contribution in [0.2, 0.25) is 0 Å². The van der Waals surface area contributed by atoms with Crippen LogP contribution in [0.4, 0.5) is 10.1 Å². The van der Waals surface area contributed by atoms with E-state index in [1.807, 2.05) is 17.0 Å². The van der Waals surface area contributed by atoms with Crippen LogP contribution in [0.1, 0.15) is 29.3 Å². The van der Waals surface area contributed by atoms with Crippen LogP contribution in [0.15, 0.2) is 59.2 Å². The molecule has 8 heteroatoms. The van der Waals surface area contributed by atoms with E-state index in [1.165, 1.54) is 22.8 Å². The van der Waals surface area contributed by atoms with Crippen molar-refractivity contribution in [3.8, 4) is 0 Å². The number of benzene rings is 2. The second-order valence-corrected chi connectivity index (χ2v) is 6.97. The van der Waals surface area contributed by atoms with Gasteiger partial charge < -0.3 is 16.0 Å². The molecule has 29 heavy (non-hydrogen) atoms. The first kappa shape index (κ1) is 20.3. The van der Waals surface area contributed by atoms with Gasteiger partial charge >= 0.3 is 0 Å². The normalized spacial score (nSPS) is 14.8. The van der Waals surface area contributed by atoms with Crippen LogP contribution in [0, 0.1) is 5.82 Å². The van der Waals surface area contributed by atoms with Crippen LogP contribution < -0.4 is 16.9 Å². The van der Waals surface area contributed by atoms with E-state index in [-0.39, 0.29) is 5.56 Å². The molecular weight excluding hydrogens is 371 g/mol. The first-order valence-corrected chi connectivity index (χ1v) is 9.27. The second kappa shape index (κ2) is 8.74. The molecule has 0 atom stereocenters. The molecule has 2 aromatic rings. The van der Waals surface area contributed by atoms with E-state index in [0.29, 0.717) is 18.2 Å². The van der Waals surface area contributed by atoms with Gasteiger partial charge in [-0.05, 0) is 48.7 Å². The van der Waals surface area contributed by atoms with Gasteiger partial charge in [-0.15, -0.1) is 5.10 Å². The molecule has 1 heterocycles. The fourth-order valence-corrected chi connectivity index (χ4v) is 3.22. The lowest BCUT2D eigenvalue weighted by Gasteiger charge is -2.31. The summed E-state index contributed by atoms with van der Waals surface area (Å²) in [6.07, 6.45) is 0.867. The number of carbonyl (C=O) groups excluding carboxylic acids is 1. The molecule has 7 nitrogen and oxygen atoms in total. The summed E-state index contributed by atoms with van der Waals surface area (Å²) < 4.78 is 13.8. The Balaban J connectivity index is 1.74. The zero-order chi connectivity index (χ0) is 21.0. The Kier molecular flexibility index (Phi) is 6.13. The van der Waals surface area contributed by atoms with Gasteiger partial charge in [0.2, 0.25) is 5.96 Å². The lowest BCUT2D eigenvalue weighted by atomic mass is 9.95. The van der Waals surface area contributed by atoms with Crippen LogP contribution in [0.5, 0.6) is 0 Å². The van der Waals surface area contributed by atoms with Gasteiger partial charge in [0.15, 0.2) is 0 Å². The van der Waals surface area contributed by atoms with Crippen molar-refractivity contribution in [3.63, 3.8) is 0 Å². The Morgan fingerprint density at radius 2 is 1.90 bits per heavy atom. The third kappa shape index (κ3) is 4.91. The summed E-state index contributed by atoms with van der Waals surface area (Å²) in [7, 11) is 1.62. The minimum Gasteiger partial charge on any atom is -0.368 e. The zero-order valence-corrected chi connectivity index (χ0v) is 16.5. The van der Waals surface area contributed by atoms with Gasteiger partial charge in [0.1, 0.15) is 5.82 Å². The minimum atomic E-state index is -0.549. The second-order valence-electron chi connectivity index (χ2n) is 6.97. The molecule has 1 amide bonds. The topological polar surface area (TPSA) is 100.0 Å². The Morgan fingerprint density at radius 1 is 1.21 bits per heavy atom. The molecule has 0 spiro atoms. The largest absolute Gasteiger partial charge is 0.368 e. The summed E-state index contributed by atoms with van der Waals surface area (Å²) in [6.45, 7) is 3.49. The van der Waals surface area contributed by atoms with Crippen molar-refractivity contribution in [1.29, 1.82) is 0 Å². The number of hydrogen-bond acceptors (Lipinski definition) is 4. The third-order valence-electron chi connectivity index (χ3n) is 4.81. The third-order valence-corrected chi connectivity index (χ3v) is 4.81. The summed E-state index contributed by atoms with van der Waals surface area (Å²) in [5, 5.41) is 7.98. The van der Waals surface area contributed by atoms with Crippen molar-refractivity contribution in [3.05, 3.63) is 71.0 Å². The summed E-state index contributed by atoms with van der Waals surface area (Å²) in [5.74, 6) is 4.89. The van der Waals surface area contributed by atoms with Crippen LogP contribution in [0.3, 0.4) is 0 Å². The van der Waals surface area contributed by atoms with Gasteiger partial charge in [0.05, 0.1) is 5.56 Å². The number of hydrazone groups is 1. The SMILES string of the molecule is CC1=C(c2ccc(NC(=O)c3ccccc3F)cc2)CN(/C(N)=N/N(C)N)CC1. The van der Waals surface area contributed by atoms with Gasteiger partial charge in [0.25, 0.3) is 5.91 Å². The lowest BCUT2D eigenvalue weighted by Crippen LogP contribution is -2.43. The highest BCUT2D eigenvalue weighted by Gasteiger charge is 2.20. The van der Waals surface area contributed by atoms with E-state index >= 15 is 0 Å². The molecule has 3 rings (SSSR count). The molecule has 2 aromatic carbocycles. The smallest absolute Gasteiger partial charge is 0.258 e. The summed E-state index contributed by atoms with van der Waals surface area (Å²) >= 11 is 0. The molecule has 1 aliphatic heterocycles. The van der Waals surface area contributed by atoms with Crippen molar-refractivity contribution in [2.24, 2.45) is 16.7 Å². The molecule has 0 fully saturated rings. The van der Waals surface area contributed by atoms with Gasteiger partial charge in [-0.1, -0.05) is 29.8 Å². The number of hydrazine groups is 1. The Bertz CT molecular complexity index is 952. The molecule has 0 aliphatic carbocycles. The van der Waals surface area contributed by atoms with Crippen LogP contribution in [-0.4, -0.2) is 42.0 Å². The number of hydrogen-bond donors (Lipinski definition) is 3. The highest BCUT2D eigenvalue weighted by atomic mass is 19.1. The standard InChI is InChI=1S/C21H25FN6O/c1-14-11-12-28(21(23)26-27(2)24)13-18(14)15-7-9-16(10-8-15)25-20(29)17-5-3-4-6-19(17)22/h3-10H,11-13,24H2,1-2H3,(H2,23,26)(H,25,29). The summed E-state index contributed by atoms with van der Waals surface area (Å²) in [5.41, 5.74) is 10.1. The number of carbonyl (C=O) groups is 1. The number of amides is 1. The van der Waals surface area contributed by atoms with Gasteiger partial charge in [-0.3, -0.25) is 4.79 Å². The van der Waals surface area contributed by atoms with Crippen molar-refractivity contribution >= 4 is 23.1 Å². The predicted octanol–water partition coefficient (Wildman–Crippen LogP) is 2.59. The van der Waals surface area contributed by atoms with E-state index in [4.69, 9.17) is 11.6 Å². The van der Waals surface area contributed by atoms with E-state index in [0.717, 1.165) is 24.1 Å². The Hall–Kier alpha value is -3.39. The molecular formula is C21H25FN6O. The Morgan fingerprint density at radius 3 is 2.55 bits per heavy atom. The number of nitrogens with zero attached hydrogens (tertiary/aromatic N) is 3. The minimum absolute atomic E-state index is 0.0117. The van der Waals surface area contributed by atoms with Crippen molar-refractivity contribution < 1.29 is 9.18 Å². The number of guanidine groups is 1. The molecule has 1 aliphatic rings. The van der Waals surface area contributed by atoms with Crippen molar-refractivity contribution in [1.82, 2.24) is 10.0 Å². The first-order chi connectivity index (χ1) is 13.8. The highest BCUT2D eigenvalue weighted by Crippen LogP contribution is 2.27. The van der Waals surface area contributed by atoms with E-state index in [9.17, 15) is 9.18 Å². The molecule has 0 unspecified atom stereocenters. The highest BCUT2D eigenvalue weighted by molar-refractivity contribution is 6.04. The summed E-state index contributed by atoms with van der Waals surface area (Å²) in [6, 6.07) is 13.4. The average molecular weight is 396 g/mol. The maximum atomic E-state index is 13.8. The van der Waals surface area contributed by atoms with Crippen LogP contribution >= 0.6 is 0 Å². The van der Waals surface area contributed by atoms with E-state index < -0.39 is 11.7 Å². The molecule has 0 saturated carbocycles. The fraction of sp³-hybridized carbons (Fsp3) is 0.238. The molecule has 0 aromatic heterocycles. The van der Waals surface area contributed by atoms with Gasteiger partial charge in [-0.25, -0.2) is 15.4 Å². The maximum Gasteiger partial charge on any atom is 0.258 e. The Labute approximate surface area is 169 Å². The fourth-order valence-electron chi connectivity index (χ4n) is 3.22. The van der Waals surface area contributed by atoms with Crippen molar-refractivity contribution in [2.75, 3.05) is 25.5 Å². The maximum absolute atomic E-state index is 13.8. The zero-order valence-electron chi connectivity index (χ0n) is 16.5. The monoisotopic (exact) mass is 396 g/mol. The molecule has 0 saturated heterocycles. The molecule has 0 radical (unpaired) electrons. The summed E-state index contributed by atoms with van der Waals surface area (Å²) in [4.78, 5) is 14.2. The average Bonchev–Trinajstić information content (AvgIpc) is 2.69. The molecule has 152 valence electrons. The van der Waals surface area contributed by atoms with Gasteiger partial charge in [-0.2, -0.15) is 0 Å². The number of rotatable bonds is 4.